The highest BCUT2D eigenvalue weighted by atomic mass is 19.1. The van der Waals surface area contributed by atoms with Gasteiger partial charge in [-0.15, -0.1) is 0 Å². The molecule has 4 nitrogen and oxygen atoms in total. The van der Waals surface area contributed by atoms with E-state index in [2.05, 4.69) is 5.01 Å². The summed E-state index contributed by atoms with van der Waals surface area (Å²) in [5.41, 5.74) is 0.614. The molecule has 116 valence electrons. The maximum atomic E-state index is 13.8. The molecule has 2 aliphatic rings. The van der Waals surface area contributed by atoms with Crippen molar-refractivity contribution >= 4 is 5.91 Å². The van der Waals surface area contributed by atoms with E-state index in [1.807, 2.05) is 24.9 Å². The number of hydrogen-bond donors (Lipinski definition) is 0. The number of carbonyl (C=O) groups is 1. The smallest absolute Gasteiger partial charge is 0.243 e. The van der Waals surface area contributed by atoms with Gasteiger partial charge in [0.1, 0.15) is 5.82 Å². The zero-order valence-corrected chi connectivity index (χ0v) is 13.0. The summed E-state index contributed by atoms with van der Waals surface area (Å²) < 4.78 is 13.8. The number of nitriles is 1. The Morgan fingerprint density at radius 3 is 2.82 bits per heavy atom. The number of carbonyl (C=O) groups excluding carboxylic acids is 1. The van der Waals surface area contributed by atoms with Crippen molar-refractivity contribution in [2.45, 2.75) is 39.2 Å². The van der Waals surface area contributed by atoms with Crippen molar-refractivity contribution in [1.29, 1.82) is 5.26 Å². The fourth-order valence-electron chi connectivity index (χ4n) is 3.49. The molecule has 2 aliphatic heterocycles. The molecule has 1 aromatic carbocycles. The molecule has 2 fully saturated rings. The standard InChI is InChI=1S/C17H20FN3O/c1-17(2)5-3-6-20-7-4-15(21(20)16(17)22)13-8-12(11-19)9-14(18)10-13/h8-10,15H,3-7H2,1-2H3/t15-/m0/s1. The first-order chi connectivity index (χ1) is 10.4. The Balaban J connectivity index is 2.00. The van der Waals surface area contributed by atoms with Crippen molar-refractivity contribution in [3.63, 3.8) is 0 Å². The molecule has 1 aromatic rings. The predicted octanol–water partition coefficient (Wildman–Crippen LogP) is 3.01. The monoisotopic (exact) mass is 301 g/mol. The van der Waals surface area contributed by atoms with Crippen molar-refractivity contribution in [3.8, 4) is 6.07 Å². The molecule has 1 amide bonds. The predicted molar refractivity (Wildman–Crippen MR) is 79.9 cm³/mol. The average Bonchev–Trinajstić information content (AvgIpc) is 2.84. The molecule has 0 aliphatic carbocycles. The van der Waals surface area contributed by atoms with Gasteiger partial charge in [0, 0.05) is 18.5 Å². The fraction of sp³-hybridized carbons (Fsp3) is 0.529. The first-order valence-corrected chi connectivity index (χ1v) is 7.71. The molecule has 0 radical (unpaired) electrons. The van der Waals surface area contributed by atoms with Crippen LogP contribution in [0, 0.1) is 22.6 Å². The molecule has 5 heteroatoms. The maximum absolute atomic E-state index is 13.8. The van der Waals surface area contributed by atoms with Crippen molar-refractivity contribution in [2.24, 2.45) is 5.41 Å². The van der Waals surface area contributed by atoms with Crippen LogP contribution in [0.15, 0.2) is 18.2 Å². The van der Waals surface area contributed by atoms with Gasteiger partial charge in [-0.3, -0.25) is 9.80 Å². The lowest BCUT2D eigenvalue weighted by Crippen LogP contribution is -2.46. The maximum Gasteiger partial charge on any atom is 0.243 e. The van der Waals surface area contributed by atoms with Crippen LogP contribution < -0.4 is 0 Å². The van der Waals surface area contributed by atoms with Crippen LogP contribution in [0.2, 0.25) is 0 Å². The molecule has 1 atom stereocenters. The first-order valence-electron chi connectivity index (χ1n) is 7.71. The van der Waals surface area contributed by atoms with E-state index in [1.54, 1.807) is 6.07 Å². The van der Waals surface area contributed by atoms with E-state index in [0.717, 1.165) is 32.4 Å². The highest BCUT2D eigenvalue weighted by Gasteiger charge is 2.44. The zero-order valence-electron chi connectivity index (χ0n) is 13.0. The Labute approximate surface area is 130 Å². The molecular weight excluding hydrogens is 281 g/mol. The molecule has 2 saturated heterocycles. The fourth-order valence-corrected chi connectivity index (χ4v) is 3.49. The van der Waals surface area contributed by atoms with E-state index in [0.29, 0.717) is 11.1 Å². The van der Waals surface area contributed by atoms with Gasteiger partial charge in [0.25, 0.3) is 0 Å². The van der Waals surface area contributed by atoms with Crippen molar-refractivity contribution in [3.05, 3.63) is 35.1 Å². The van der Waals surface area contributed by atoms with Gasteiger partial charge < -0.3 is 0 Å². The van der Waals surface area contributed by atoms with Gasteiger partial charge in [0.15, 0.2) is 0 Å². The largest absolute Gasteiger partial charge is 0.273 e. The number of rotatable bonds is 1. The van der Waals surface area contributed by atoms with Gasteiger partial charge in [-0.25, -0.2) is 9.40 Å². The van der Waals surface area contributed by atoms with Crippen LogP contribution in [0.1, 0.15) is 50.3 Å². The van der Waals surface area contributed by atoms with Gasteiger partial charge in [-0.1, -0.05) is 13.8 Å². The lowest BCUT2D eigenvalue weighted by atomic mass is 9.86. The Morgan fingerprint density at radius 2 is 2.09 bits per heavy atom. The Bertz CT molecular complexity index is 650. The summed E-state index contributed by atoms with van der Waals surface area (Å²) in [6.45, 7) is 5.60. The topological polar surface area (TPSA) is 47.3 Å². The second-order valence-electron chi connectivity index (χ2n) is 6.78. The molecule has 22 heavy (non-hydrogen) atoms. The van der Waals surface area contributed by atoms with E-state index in [9.17, 15) is 9.18 Å². The third-order valence-corrected chi connectivity index (χ3v) is 4.70. The van der Waals surface area contributed by atoms with Crippen LogP contribution >= 0.6 is 0 Å². The Kier molecular flexibility index (Phi) is 3.65. The number of halogens is 1. The van der Waals surface area contributed by atoms with Crippen molar-refractivity contribution < 1.29 is 9.18 Å². The molecule has 0 bridgehead atoms. The van der Waals surface area contributed by atoms with Gasteiger partial charge in [0.2, 0.25) is 5.91 Å². The molecule has 0 N–H and O–H groups in total. The normalized spacial score (nSPS) is 24.7. The third kappa shape index (κ3) is 2.48. The SMILES string of the molecule is CC1(C)CCCN2CC[C@@H](c3cc(F)cc(C#N)c3)N2C1=O. The summed E-state index contributed by atoms with van der Waals surface area (Å²) in [4.78, 5) is 12.9. The second kappa shape index (κ2) is 5.36. The van der Waals surface area contributed by atoms with Crippen molar-refractivity contribution in [1.82, 2.24) is 10.0 Å². The van der Waals surface area contributed by atoms with Crippen LogP contribution in [-0.2, 0) is 4.79 Å². The summed E-state index contributed by atoms with van der Waals surface area (Å²) in [5, 5.41) is 12.9. The molecule has 0 spiro atoms. The molecule has 0 unspecified atom stereocenters. The molecular formula is C17H20FN3O. The third-order valence-electron chi connectivity index (χ3n) is 4.70. The van der Waals surface area contributed by atoms with E-state index in [-0.39, 0.29) is 11.9 Å². The number of nitrogens with zero attached hydrogens (tertiary/aromatic N) is 3. The lowest BCUT2D eigenvalue weighted by molar-refractivity contribution is -0.154. The minimum absolute atomic E-state index is 0.0928. The van der Waals surface area contributed by atoms with Gasteiger partial charge in [-0.2, -0.15) is 5.26 Å². The van der Waals surface area contributed by atoms with Crippen LogP contribution in [0.3, 0.4) is 0 Å². The van der Waals surface area contributed by atoms with E-state index < -0.39 is 11.2 Å². The Hall–Kier alpha value is -1.93. The molecule has 3 rings (SSSR count). The summed E-state index contributed by atoms with van der Waals surface area (Å²) >= 11 is 0. The number of fused-ring (bicyclic) bond motifs is 1. The van der Waals surface area contributed by atoms with E-state index in [4.69, 9.17) is 5.26 Å². The average molecular weight is 301 g/mol. The number of hydrogen-bond acceptors (Lipinski definition) is 3. The van der Waals surface area contributed by atoms with Crippen LogP contribution in [-0.4, -0.2) is 29.0 Å². The number of hydrazine groups is 1. The van der Waals surface area contributed by atoms with Crippen molar-refractivity contribution in [2.75, 3.05) is 13.1 Å². The van der Waals surface area contributed by atoms with Gasteiger partial charge >= 0.3 is 0 Å². The summed E-state index contributed by atoms with van der Waals surface area (Å²) in [6.07, 6.45) is 2.61. The minimum Gasteiger partial charge on any atom is -0.273 e. The van der Waals surface area contributed by atoms with Gasteiger partial charge in [0.05, 0.1) is 17.7 Å². The summed E-state index contributed by atoms with van der Waals surface area (Å²) in [6, 6.07) is 6.18. The quantitative estimate of drug-likeness (QED) is 0.801. The lowest BCUT2D eigenvalue weighted by Gasteiger charge is -2.34. The summed E-state index contributed by atoms with van der Waals surface area (Å²) in [5.74, 6) is -0.329. The highest BCUT2D eigenvalue weighted by Crippen LogP contribution is 2.40. The Morgan fingerprint density at radius 1 is 1.32 bits per heavy atom. The second-order valence-corrected chi connectivity index (χ2v) is 6.78. The van der Waals surface area contributed by atoms with Crippen LogP contribution in [0.25, 0.3) is 0 Å². The van der Waals surface area contributed by atoms with E-state index in [1.165, 1.54) is 12.1 Å². The molecule has 2 heterocycles. The molecule has 0 aromatic heterocycles. The zero-order chi connectivity index (χ0) is 15.9. The minimum atomic E-state index is -0.422. The van der Waals surface area contributed by atoms with Crippen LogP contribution in [0.5, 0.6) is 0 Å². The number of benzene rings is 1. The van der Waals surface area contributed by atoms with E-state index >= 15 is 0 Å². The van der Waals surface area contributed by atoms with Gasteiger partial charge in [-0.05, 0) is 43.0 Å². The molecule has 0 saturated carbocycles. The highest BCUT2D eigenvalue weighted by molar-refractivity contribution is 5.82. The summed E-state index contributed by atoms with van der Waals surface area (Å²) in [7, 11) is 0. The first kappa shape index (κ1) is 15.0. The van der Waals surface area contributed by atoms with Crippen LogP contribution in [0.4, 0.5) is 4.39 Å². The number of amides is 1.